The second-order valence-electron chi connectivity index (χ2n) is 7.09. The number of hydrogen-bond donors (Lipinski definition) is 2. The highest BCUT2D eigenvalue weighted by molar-refractivity contribution is 6.31. The van der Waals surface area contributed by atoms with E-state index in [2.05, 4.69) is 25.5 Å². The van der Waals surface area contributed by atoms with Crippen LogP contribution in [-0.2, 0) is 5.41 Å². The molecule has 2 aromatic heterocycles. The van der Waals surface area contributed by atoms with Crippen molar-refractivity contribution < 1.29 is 9.18 Å². The summed E-state index contributed by atoms with van der Waals surface area (Å²) in [5, 5.41) is 11.9. The lowest BCUT2D eigenvalue weighted by atomic mass is 9.65. The average molecular weight is 413 g/mol. The molecule has 0 aliphatic heterocycles. The topological polar surface area (TPSA) is 107 Å². The molecule has 4 rings (SSSR count). The number of hydrogen-bond acceptors (Lipinski definition) is 6. The van der Waals surface area contributed by atoms with Gasteiger partial charge in [-0.3, -0.25) is 9.78 Å². The van der Waals surface area contributed by atoms with Gasteiger partial charge >= 0.3 is 0 Å². The second-order valence-corrected chi connectivity index (χ2v) is 7.49. The molecule has 0 unspecified atom stereocenters. The van der Waals surface area contributed by atoms with Crippen molar-refractivity contribution in [2.45, 2.75) is 24.4 Å². The fraction of sp³-hybridized carbons (Fsp3) is 0.250. The number of nitrogens with two attached hydrogens (primary N) is 1. The Labute approximate surface area is 171 Å². The van der Waals surface area contributed by atoms with E-state index in [0.29, 0.717) is 52.9 Å². The van der Waals surface area contributed by atoms with E-state index in [1.54, 1.807) is 48.8 Å². The smallest absolute Gasteiger partial charge is 0.248 e. The van der Waals surface area contributed by atoms with Crippen molar-refractivity contribution in [2.24, 2.45) is 5.73 Å². The fourth-order valence-electron chi connectivity index (χ4n) is 3.55. The van der Waals surface area contributed by atoms with E-state index < -0.39 is 17.5 Å². The molecule has 0 atom stereocenters. The lowest BCUT2D eigenvalue weighted by Crippen LogP contribution is -2.48. The van der Waals surface area contributed by atoms with Crippen molar-refractivity contribution >= 4 is 23.5 Å². The quantitative estimate of drug-likeness (QED) is 0.644. The van der Waals surface area contributed by atoms with E-state index in [0.717, 1.165) is 0 Å². The molecule has 7 nitrogen and oxygen atoms in total. The van der Waals surface area contributed by atoms with Gasteiger partial charge in [-0.15, -0.1) is 10.2 Å². The molecule has 29 heavy (non-hydrogen) atoms. The minimum Gasteiger partial charge on any atom is -0.366 e. The number of primary amides is 1. The first-order valence-corrected chi connectivity index (χ1v) is 9.43. The Morgan fingerprint density at radius 2 is 2.07 bits per heavy atom. The molecule has 1 aliphatic rings. The van der Waals surface area contributed by atoms with Crippen LogP contribution in [0.4, 0.5) is 10.3 Å². The first-order chi connectivity index (χ1) is 14.0. The lowest BCUT2D eigenvalue weighted by Gasteiger charge is -2.44. The van der Waals surface area contributed by atoms with Crippen LogP contribution in [0.15, 0.2) is 48.8 Å². The summed E-state index contributed by atoms with van der Waals surface area (Å²) in [5.74, 6) is -0.204. The van der Waals surface area contributed by atoms with E-state index >= 15 is 0 Å². The third kappa shape index (κ3) is 3.88. The van der Waals surface area contributed by atoms with Crippen molar-refractivity contribution in [3.8, 4) is 11.3 Å². The summed E-state index contributed by atoms with van der Waals surface area (Å²) in [6.07, 6.45) is 2.99. The zero-order chi connectivity index (χ0) is 20.4. The first-order valence-electron chi connectivity index (χ1n) is 9.06. The van der Waals surface area contributed by atoms with Crippen LogP contribution in [0.25, 0.3) is 11.3 Å². The molecule has 0 saturated heterocycles. The summed E-state index contributed by atoms with van der Waals surface area (Å²) >= 11 is 6.29. The molecule has 0 bridgehead atoms. The van der Waals surface area contributed by atoms with Crippen molar-refractivity contribution in [1.82, 2.24) is 20.2 Å². The van der Waals surface area contributed by atoms with Crippen molar-refractivity contribution in [3.05, 3.63) is 65.1 Å². The number of nitrogens with one attached hydrogen (secondary N) is 1. The van der Waals surface area contributed by atoms with Gasteiger partial charge < -0.3 is 11.1 Å². The number of rotatable bonds is 6. The van der Waals surface area contributed by atoms with Crippen LogP contribution in [0.1, 0.15) is 28.9 Å². The Morgan fingerprint density at radius 3 is 2.72 bits per heavy atom. The highest BCUT2D eigenvalue weighted by Gasteiger charge is 2.48. The maximum absolute atomic E-state index is 13.7. The van der Waals surface area contributed by atoms with E-state index in [9.17, 15) is 9.18 Å². The fourth-order valence-corrected chi connectivity index (χ4v) is 3.88. The molecule has 0 spiro atoms. The molecule has 1 amide bonds. The van der Waals surface area contributed by atoms with Gasteiger partial charge in [0, 0.05) is 29.3 Å². The molecule has 3 aromatic rings. The third-order valence-corrected chi connectivity index (χ3v) is 5.38. The van der Waals surface area contributed by atoms with Gasteiger partial charge in [0.25, 0.3) is 0 Å². The lowest BCUT2D eigenvalue weighted by molar-refractivity contribution is 0.0993. The van der Waals surface area contributed by atoms with Crippen molar-refractivity contribution in [3.63, 3.8) is 0 Å². The van der Waals surface area contributed by atoms with Gasteiger partial charge in [0.05, 0.1) is 16.9 Å². The van der Waals surface area contributed by atoms with Gasteiger partial charge in [-0.25, -0.2) is 9.37 Å². The number of aromatic nitrogens is 4. The van der Waals surface area contributed by atoms with Crippen LogP contribution in [0, 0.1) is 0 Å². The Morgan fingerprint density at radius 1 is 1.24 bits per heavy atom. The molecule has 148 valence electrons. The highest BCUT2D eigenvalue weighted by atomic mass is 35.5. The van der Waals surface area contributed by atoms with Gasteiger partial charge in [-0.05, 0) is 37.1 Å². The number of anilines is 1. The molecule has 3 N–H and O–H groups in total. The predicted octanol–water partition coefficient (Wildman–Crippen LogP) is 3.17. The summed E-state index contributed by atoms with van der Waals surface area (Å²) in [4.78, 5) is 20.0. The zero-order valence-electron chi connectivity index (χ0n) is 15.3. The monoisotopic (exact) mass is 412 g/mol. The minimum absolute atomic E-state index is 0.313. The number of halogens is 2. The van der Waals surface area contributed by atoms with Gasteiger partial charge in [-0.2, -0.15) is 0 Å². The Hall–Kier alpha value is -3.13. The first kappa shape index (κ1) is 19.2. The van der Waals surface area contributed by atoms with Crippen LogP contribution in [-0.4, -0.2) is 38.8 Å². The SMILES string of the molecule is NC(=O)c1cccc(-c2cnc(NCC3(c4ncccc4Cl)CC(F)C3)nn2)c1. The largest absolute Gasteiger partial charge is 0.366 e. The van der Waals surface area contributed by atoms with Gasteiger partial charge in [0.2, 0.25) is 11.9 Å². The molecule has 2 heterocycles. The zero-order valence-corrected chi connectivity index (χ0v) is 16.1. The third-order valence-electron chi connectivity index (χ3n) is 5.07. The second kappa shape index (κ2) is 7.71. The predicted molar refractivity (Wildman–Crippen MR) is 107 cm³/mol. The Kier molecular flexibility index (Phi) is 5.10. The Bertz CT molecular complexity index is 1040. The number of pyridine rings is 1. The summed E-state index contributed by atoms with van der Waals surface area (Å²) in [7, 11) is 0. The van der Waals surface area contributed by atoms with Crippen molar-refractivity contribution in [2.75, 3.05) is 11.9 Å². The summed E-state index contributed by atoms with van der Waals surface area (Å²) in [6, 6.07) is 10.3. The van der Waals surface area contributed by atoms with Gasteiger partial charge in [0.1, 0.15) is 11.9 Å². The minimum atomic E-state index is -0.881. The molecule has 0 radical (unpaired) electrons. The van der Waals surface area contributed by atoms with Crippen LogP contribution >= 0.6 is 11.6 Å². The molecular formula is C20H18ClFN6O. The van der Waals surface area contributed by atoms with E-state index in [1.807, 2.05) is 0 Å². The highest BCUT2D eigenvalue weighted by Crippen LogP contribution is 2.46. The number of carbonyl (C=O) groups excluding carboxylic acids is 1. The molecular weight excluding hydrogens is 395 g/mol. The number of amides is 1. The molecule has 1 fully saturated rings. The summed E-state index contributed by atoms with van der Waals surface area (Å²) in [5.41, 5.74) is 7.06. The normalized spacial score (nSPS) is 20.7. The van der Waals surface area contributed by atoms with E-state index in [-0.39, 0.29) is 0 Å². The molecule has 9 heteroatoms. The number of carbonyl (C=O) groups is 1. The van der Waals surface area contributed by atoms with Gasteiger partial charge in [0.15, 0.2) is 0 Å². The van der Waals surface area contributed by atoms with E-state index in [4.69, 9.17) is 17.3 Å². The van der Waals surface area contributed by atoms with Crippen LogP contribution in [0.5, 0.6) is 0 Å². The summed E-state index contributed by atoms with van der Waals surface area (Å²) < 4.78 is 13.7. The van der Waals surface area contributed by atoms with E-state index in [1.165, 1.54) is 0 Å². The molecule has 1 aromatic carbocycles. The number of benzene rings is 1. The van der Waals surface area contributed by atoms with Crippen molar-refractivity contribution in [1.29, 1.82) is 0 Å². The van der Waals surface area contributed by atoms with Crippen LogP contribution < -0.4 is 11.1 Å². The maximum atomic E-state index is 13.7. The number of alkyl halides is 1. The van der Waals surface area contributed by atoms with Crippen LogP contribution in [0.2, 0.25) is 5.02 Å². The van der Waals surface area contributed by atoms with Gasteiger partial charge in [-0.1, -0.05) is 23.7 Å². The summed E-state index contributed by atoms with van der Waals surface area (Å²) in [6.45, 7) is 0.391. The molecule has 1 saturated carbocycles. The number of nitrogens with zero attached hydrogens (tertiary/aromatic N) is 4. The molecule has 1 aliphatic carbocycles. The Balaban J connectivity index is 1.50. The van der Waals surface area contributed by atoms with Crippen LogP contribution in [0.3, 0.4) is 0 Å². The maximum Gasteiger partial charge on any atom is 0.248 e. The average Bonchev–Trinajstić information content (AvgIpc) is 2.71. The standard InChI is InChI=1S/C20H18ClFN6O/c21-15-5-2-6-24-17(15)20(8-14(22)9-20)11-26-19-25-10-16(27-28-19)12-3-1-4-13(7-12)18(23)29/h1-7,10,14H,8-9,11H2,(H2,23,29)(H,25,26,28).